The summed E-state index contributed by atoms with van der Waals surface area (Å²) in [6, 6.07) is 1.99. The van der Waals surface area contributed by atoms with E-state index in [0.717, 1.165) is 19.5 Å². The highest BCUT2D eigenvalue weighted by Crippen LogP contribution is 2.30. The zero-order valence-corrected chi connectivity index (χ0v) is 12.6. The Bertz CT molecular complexity index is 439. The Morgan fingerprint density at radius 1 is 1.33 bits per heavy atom. The summed E-state index contributed by atoms with van der Waals surface area (Å²) in [6.07, 6.45) is 1.07. The fourth-order valence-electron chi connectivity index (χ4n) is 2.29. The zero-order chi connectivity index (χ0) is 13.3. The lowest BCUT2D eigenvalue weighted by atomic mass is 9.94. The van der Waals surface area contributed by atoms with Gasteiger partial charge in [-0.05, 0) is 32.0 Å². The number of aromatic nitrogens is 1. The van der Waals surface area contributed by atoms with Gasteiger partial charge in [0, 0.05) is 12.6 Å². The van der Waals surface area contributed by atoms with Gasteiger partial charge in [0.1, 0.15) is 11.0 Å². The maximum Gasteiger partial charge on any atom is 0.150 e. The molecule has 3 nitrogen and oxygen atoms in total. The number of pyridine rings is 1. The third-order valence-electron chi connectivity index (χ3n) is 3.32. The number of anilines is 1. The van der Waals surface area contributed by atoms with E-state index in [9.17, 15) is 0 Å². The topological polar surface area (TPSA) is 28.2 Å². The van der Waals surface area contributed by atoms with Crippen LogP contribution in [-0.4, -0.2) is 36.1 Å². The van der Waals surface area contributed by atoms with Crippen molar-refractivity contribution in [1.29, 1.82) is 0 Å². The van der Waals surface area contributed by atoms with Crippen LogP contribution < -0.4 is 5.32 Å². The Morgan fingerprint density at radius 3 is 2.72 bits per heavy atom. The van der Waals surface area contributed by atoms with Crippen molar-refractivity contribution in [1.82, 2.24) is 9.88 Å². The molecule has 1 saturated heterocycles. The molecular formula is C12H16Cl3N3. The summed E-state index contributed by atoms with van der Waals surface area (Å²) in [4.78, 5) is 6.52. The third kappa shape index (κ3) is 3.21. The van der Waals surface area contributed by atoms with Crippen LogP contribution in [0.25, 0.3) is 0 Å². The Kier molecular flexibility index (Phi) is 4.59. The smallest absolute Gasteiger partial charge is 0.150 e. The highest BCUT2D eigenvalue weighted by atomic mass is 35.5. The molecule has 0 amide bonds. The van der Waals surface area contributed by atoms with Gasteiger partial charge in [0.15, 0.2) is 0 Å². The first kappa shape index (κ1) is 14.2. The number of halogens is 3. The Labute approximate surface area is 122 Å². The number of hydrogen-bond donors (Lipinski definition) is 1. The van der Waals surface area contributed by atoms with Crippen LogP contribution in [0.1, 0.15) is 13.3 Å². The van der Waals surface area contributed by atoms with Gasteiger partial charge >= 0.3 is 0 Å². The van der Waals surface area contributed by atoms with E-state index in [0.29, 0.717) is 27.8 Å². The minimum atomic E-state index is 0.282. The van der Waals surface area contributed by atoms with Crippen LogP contribution >= 0.6 is 34.8 Å². The van der Waals surface area contributed by atoms with Crippen LogP contribution in [0, 0.1) is 5.92 Å². The number of piperidine rings is 1. The first-order valence-electron chi connectivity index (χ1n) is 5.94. The summed E-state index contributed by atoms with van der Waals surface area (Å²) in [5.41, 5.74) is 0. The molecule has 2 atom stereocenters. The summed E-state index contributed by atoms with van der Waals surface area (Å²) < 4.78 is 0. The maximum absolute atomic E-state index is 6.12. The van der Waals surface area contributed by atoms with Crippen LogP contribution in [0.15, 0.2) is 6.07 Å². The van der Waals surface area contributed by atoms with Crippen LogP contribution in [-0.2, 0) is 0 Å². The van der Waals surface area contributed by atoms with Crippen molar-refractivity contribution >= 4 is 40.6 Å². The molecule has 0 radical (unpaired) electrons. The van der Waals surface area contributed by atoms with Gasteiger partial charge in [-0.2, -0.15) is 0 Å². The predicted octanol–water partition coefficient (Wildman–Crippen LogP) is 3.79. The van der Waals surface area contributed by atoms with Gasteiger partial charge in [0.2, 0.25) is 0 Å². The van der Waals surface area contributed by atoms with Gasteiger partial charge in [-0.15, -0.1) is 0 Å². The van der Waals surface area contributed by atoms with Crippen LogP contribution in [0.3, 0.4) is 0 Å². The van der Waals surface area contributed by atoms with E-state index in [1.807, 2.05) is 0 Å². The molecule has 6 heteroatoms. The Balaban J connectivity index is 2.12. The highest BCUT2D eigenvalue weighted by Gasteiger charge is 2.25. The summed E-state index contributed by atoms with van der Waals surface area (Å²) >= 11 is 17.9. The van der Waals surface area contributed by atoms with E-state index in [2.05, 4.69) is 29.2 Å². The molecule has 1 aliphatic heterocycles. The molecule has 18 heavy (non-hydrogen) atoms. The standard InChI is InChI=1S/C12H16Cl3N3/c1-7-6-18(2)4-3-10(7)16-12-9(14)5-8(13)11(15)17-12/h5,7,10H,3-4,6H2,1-2H3,(H,16,17). The molecule has 0 aromatic carbocycles. The van der Waals surface area contributed by atoms with Gasteiger partial charge in [0.25, 0.3) is 0 Å². The zero-order valence-electron chi connectivity index (χ0n) is 10.4. The lowest BCUT2D eigenvalue weighted by Crippen LogP contribution is -2.43. The van der Waals surface area contributed by atoms with Crippen LogP contribution in [0.2, 0.25) is 15.2 Å². The molecule has 1 aliphatic rings. The molecule has 1 N–H and O–H groups in total. The lowest BCUT2D eigenvalue weighted by molar-refractivity contribution is 0.206. The molecule has 2 unspecified atom stereocenters. The normalized spacial score (nSPS) is 25.2. The van der Waals surface area contributed by atoms with Crippen molar-refractivity contribution in [2.45, 2.75) is 19.4 Å². The van der Waals surface area contributed by atoms with Crippen LogP contribution in [0.5, 0.6) is 0 Å². The van der Waals surface area contributed by atoms with Crippen molar-refractivity contribution < 1.29 is 0 Å². The van der Waals surface area contributed by atoms with Gasteiger partial charge < -0.3 is 10.2 Å². The quantitative estimate of drug-likeness (QED) is 0.843. The van der Waals surface area contributed by atoms with Gasteiger partial charge in [0.05, 0.1) is 10.0 Å². The van der Waals surface area contributed by atoms with E-state index in [1.54, 1.807) is 6.07 Å². The highest BCUT2D eigenvalue weighted by molar-refractivity contribution is 6.42. The summed E-state index contributed by atoms with van der Waals surface area (Å²) in [6.45, 7) is 4.36. The van der Waals surface area contributed by atoms with Gasteiger partial charge in [-0.25, -0.2) is 4.98 Å². The Hall–Kier alpha value is -0.220. The fourth-order valence-corrected chi connectivity index (χ4v) is 2.84. The number of likely N-dealkylation sites (tertiary alicyclic amines) is 1. The van der Waals surface area contributed by atoms with Crippen molar-refractivity contribution in [3.8, 4) is 0 Å². The molecule has 100 valence electrons. The van der Waals surface area contributed by atoms with Crippen molar-refractivity contribution in [3.63, 3.8) is 0 Å². The SMILES string of the molecule is CC1CN(C)CCC1Nc1nc(Cl)c(Cl)cc1Cl. The number of hydrogen-bond acceptors (Lipinski definition) is 3. The lowest BCUT2D eigenvalue weighted by Gasteiger charge is -2.35. The van der Waals surface area contributed by atoms with Crippen LogP contribution in [0.4, 0.5) is 5.82 Å². The maximum atomic E-state index is 6.12. The summed E-state index contributed by atoms with van der Waals surface area (Å²) in [5, 5.41) is 4.54. The fraction of sp³-hybridized carbons (Fsp3) is 0.583. The molecule has 0 aliphatic carbocycles. The second kappa shape index (κ2) is 5.83. The molecular weight excluding hydrogens is 293 g/mol. The largest absolute Gasteiger partial charge is 0.366 e. The van der Waals surface area contributed by atoms with E-state index in [1.165, 1.54) is 0 Å². The molecule has 0 bridgehead atoms. The molecule has 1 aromatic heterocycles. The van der Waals surface area contributed by atoms with Crippen molar-refractivity contribution in [2.75, 3.05) is 25.5 Å². The van der Waals surface area contributed by atoms with E-state index in [4.69, 9.17) is 34.8 Å². The summed E-state index contributed by atoms with van der Waals surface area (Å²) in [5.74, 6) is 1.16. The number of nitrogens with one attached hydrogen (secondary N) is 1. The van der Waals surface area contributed by atoms with Gasteiger partial charge in [-0.1, -0.05) is 41.7 Å². The molecule has 0 saturated carbocycles. The minimum absolute atomic E-state index is 0.282. The summed E-state index contributed by atoms with van der Waals surface area (Å²) in [7, 11) is 2.14. The first-order chi connectivity index (χ1) is 8.47. The first-order valence-corrected chi connectivity index (χ1v) is 7.07. The Morgan fingerprint density at radius 2 is 2.06 bits per heavy atom. The van der Waals surface area contributed by atoms with E-state index in [-0.39, 0.29) is 5.15 Å². The monoisotopic (exact) mass is 307 g/mol. The predicted molar refractivity (Wildman–Crippen MR) is 78.0 cm³/mol. The average molecular weight is 309 g/mol. The van der Waals surface area contributed by atoms with E-state index >= 15 is 0 Å². The molecule has 1 fully saturated rings. The molecule has 2 heterocycles. The minimum Gasteiger partial charge on any atom is -0.366 e. The number of rotatable bonds is 2. The second-order valence-electron chi connectivity index (χ2n) is 4.87. The number of nitrogens with zero attached hydrogens (tertiary/aromatic N) is 2. The second-order valence-corrected chi connectivity index (χ2v) is 6.04. The molecule has 1 aromatic rings. The molecule has 0 spiro atoms. The van der Waals surface area contributed by atoms with Crippen molar-refractivity contribution in [3.05, 3.63) is 21.3 Å². The third-order valence-corrected chi connectivity index (χ3v) is 4.28. The average Bonchev–Trinajstić information content (AvgIpc) is 2.29. The van der Waals surface area contributed by atoms with Gasteiger partial charge in [-0.3, -0.25) is 0 Å². The molecule has 2 rings (SSSR count). The van der Waals surface area contributed by atoms with E-state index < -0.39 is 0 Å². The van der Waals surface area contributed by atoms with Crippen molar-refractivity contribution in [2.24, 2.45) is 5.92 Å².